The first-order valence-electron chi connectivity index (χ1n) is 8.75. The number of likely N-dealkylation sites (tertiary alicyclic amines) is 1. The zero-order valence-electron chi connectivity index (χ0n) is 14.8. The van der Waals surface area contributed by atoms with E-state index >= 15 is 0 Å². The zero-order valence-corrected chi connectivity index (χ0v) is 17.1. The number of nitrogens with zero attached hydrogens (tertiary/aromatic N) is 2. The van der Waals surface area contributed by atoms with Gasteiger partial charge in [0.2, 0.25) is 5.91 Å². The molecule has 1 aliphatic carbocycles. The third kappa shape index (κ3) is 6.72. The summed E-state index contributed by atoms with van der Waals surface area (Å²) in [4.78, 5) is 18.1. The molecule has 4 N–H and O–H groups in total. The van der Waals surface area contributed by atoms with Crippen molar-refractivity contribution in [1.29, 1.82) is 0 Å². The van der Waals surface area contributed by atoms with Gasteiger partial charge in [0.25, 0.3) is 0 Å². The van der Waals surface area contributed by atoms with Crippen LogP contribution in [0.3, 0.4) is 0 Å². The van der Waals surface area contributed by atoms with Crippen molar-refractivity contribution >= 4 is 35.8 Å². The molecule has 1 saturated heterocycles. The van der Waals surface area contributed by atoms with Gasteiger partial charge in [0, 0.05) is 32.7 Å². The molecule has 140 valence electrons. The molecule has 0 aromatic rings. The lowest BCUT2D eigenvalue weighted by atomic mass is 9.80. The third-order valence-electron chi connectivity index (χ3n) is 4.73. The Morgan fingerprint density at radius 3 is 2.50 bits per heavy atom. The van der Waals surface area contributed by atoms with Crippen molar-refractivity contribution in [2.75, 3.05) is 39.8 Å². The van der Waals surface area contributed by atoms with Crippen LogP contribution in [-0.4, -0.2) is 73.3 Å². The summed E-state index contributed by atoms with van der Waals surface area (Å²) in [5.41, 5.74) is -0.584. The minimum Gasteiger partial charge on any atom is -0.388 e. The lowest BCUT2D eigenvalue weighted by Crippen LogP contribution is -2.50. The fourth-order valence-electron chi connectivity index (χ4n) is 3.00. The SMILES string of the molecule is CCNC(=NCC1(O)CCC1)NC1CCN(CC(=O)NC)CC1.I. The minimum absolute atomic E-state index is 0. The molecule has 8 heteroatoms. The van der Waals surface area contributed by atoms with Gasteiger partial charge in [0.05, 0.1) is 18.7 Å². The highest BCUT2D eigenvalue weighted by atomic mass is 127. The van der Waals surface area contributed by atoms with Crippen molar-refractivity contribution in [3.8, 4) is 0 Å². The van der Waals surface area contributed by atoms with E-state index in [0.29, 0.717) is 19.1 Å². The summed E-state index contributed by atoms with van der Waals surface area (Å²) in [6.07, 6.45) is 4.79. The number of aliphatic imine (C=N–C) groups is 1. The van der Waals surface area contributed by atoms with Gasteiger partial charge in [-0.2, -0.15) is 0 Å². The van der Waals surface area contributed by atoms with E-state index in [1.807, 2.05) is 6.92 Å². The molecular formula is C16H32IN5O2. The molecule has 1 saturated carbocycles. The molecule has 24 heavy (non-hydrogen) atoms. The summed E-state index contributed by atoms with van der Waals surface area (Å²) in [5, 5.41) is 19.6. The van der Waals surface area contributed by atoms with Crippen LogP contribution in [0, 0.1) is 0 Å². The molecule has 0 unspecified atom stereocenters. The van der Waals surface area contributed by atoms with E-state index < -0.39 is 5.60 Å². The summed E-state index contributed by atoms with van der Waals surface area (Å²) in [5.74, 6) is 0.859. The molecule has 7 nitrogen and oxygen atoms in total. The van der Waals surface area contributed by atoms with Crippen LogP contribution in [0.4, 0.5) is 0 Å². The van der Waals surface area contributed by atoms with E-state index in [9.17, 15) is 9.90 Å². The number of guanidine groups is 1. The van der Waals surface area contributed by atoms with Crippen LogP contribution in [0.25, 0.3) is 0 Å². The van der Waals surface area contributed by atoms with Crippen molar-refractivity contribution in [2.45, 2.75) is 50.7 Å². The fourth-order valence-corrected chi connectivity index (χ4v) is 3.00. The summed E-state index contributed by atoms with van der Waals surface area (Å²) in [7, 11) is 1.67. The number of nitrogens with one attached hydrogen (secondary N) is 3. The number of likely N-dealkylation sites (N-methyl/N-ethyl adjacent to an activating group) is 1. The lowest BCUT2D eigenvalue weighted by Gasteiger charge is -2.35. The number of carbonyl (C=O) groups is 1. The second-order valence-corrected chi connectivity index (χ2v) is 6.64. The maximum absolute atomic E-state index is 11.4. The maximum atomic E-state index is 11.4. The van der Waals surface area contributed by atoms with Gasteiger partial charge in [-0.05, 0) is 39.0 Å². The topological polar surface area (TPSA) is 89.0 Å². The van der Waals surface area contributed by atoms with Crippen molar-refractivity contribution in [3.05, 3.63) is 0 Å². The fraction of sp³-hybridized carbons (Fsp3) is 0.875. The Hall–Kier alpha value is -0.610. The Balaban J connectivity index is 0.00000288. The molecule has 0 aromatic carbocycles. The average molecular weight is 453 g/mol. The Kier molecular flexibility index (Phi) is 9.28. The van der Waals surface area contributed by atoms with E-state index in [4.69, 9.17) is 0 Å². The van der Waals surface area contributed by atoms with Crippen LogP contribution >= 0.6 is 24.0 Å². The van der Waals surface area contributed by atoms with Gasteiger partial charge in [0.1, 0.15) is 0 Å². The van der Waals surface area contributed by atoms with Crippen LogP contribution in [0.1, 0.15) is 39.0 Å². The Labute approximate surface area is 162 Å². The predicted octanol–water partition coefficient (Wildman–Crippen LogP) is 0.285. The van der Waals surface area contributed by atoms with Gasteiger partial charge in [-0.1, -0.05) is 0 Å². The largest absolute Gasteiger partial charge is 0.388 e. The number of amides is 1. The van der Waals surface area contributed by atoms with Gasteiger partial charge in [-0.15, -0.1) is 24.0 Å². The van der Waals surface area contributed by atoms with Crippen molar-refractivity contribution < 1.29 is 9.90 Å². The standard InChI is InChI=1S/C16H31N5O2.HI/c1-3-18-15(19-12-16(23)7-4-8-16)20-13-5-9-21(10-6-13)11-14(22)17-2;/h13,23H,3-12H2,1-2H3,(H,17,22)(H2,18,19,20);1H. The van der Waals surface area contributed by atoms with Crippen LogP contribution < -0.4 is 16.0 Å². The summed E-state index contributed by atoms with van der Waals surface area (Å²) in [6, 6.07) is 0.366. The molecule has 0 atom stereocenters. The monoisotopic (exact) mass is 453 g/mol. The van der Waals surface area contributed by atoms with Crippen LogP contribution in [0.2, 0.25) is 0 Å². The molecule has 1 amide bonds. The Morgan fingerprint density at radius 1 is 1.33 bits per heavy atom. The quantitative estimate of drug-likeness (QED) is 0.264. The van der Waals surface area contributed by atoms with E-state index in [1.165, 1.54) is 0 Å². The molecule has 1 aliphatic heterocycles. The highest BCUT2D eigenvalue weighted by Crippen LogP contribution is 2.31. The lowest BCUT2D eigenvalue weighted by molar-refractivity contribution is -0.122. The normalized spacial score (nSPS) is 21.4. The molecule has 0 bridgehead atoms. The Morgan fingerprint density at radius 2 is 2.00 bits per heavy atom. The van der Waals surface area contributed by atoms with Gasteiger partial charge >= 0.3 is 0 Å². The minimum atomic E-state index is -0.584. The smallest absolute Gasteiger partial charge is 0.233 e. The number of hydrogen-bond donors (Lipinski definition) is 4. The van der Waals surface area contributed by atoms with Gasteiger partial charge in [0.15, 0.2) is 5.96 Å². The number of halogens is 1. The summed E-state index contributed by atoms with van der Waals surface area (Å²) in [6.45, 7) is 5.62. The summed E-state index contributed by atoms with van der Waals surface area (Å²) >= 11 is 0. The van der Waals surface area contributed by atoms with Crippen LogP contribution in [-0.2, 0) is 4.79 Å². The number of aliphatic hydroxyl groups is 1. The second kappa shape index (κ2) is 10.4. The molecule has 0 aromatic heterocycles. The maximum Gasteiger partial charge on any atom is 0.233 e. The van der Waals surface area contributed by atoms with E-state index in [0.717, 1.165) is 57.7 Å². The van der Waals surface area contributed by atoms with Gasteiger partial charge < -0.3 is 21.1 Å². The van der Waals surface area contributed by atoms with E-state index in [-0.39, 0.29) is 29.9 Å². The number of carbonyl (C=O) groups excluding carboxylic acids is 1. The molecule has 2 rings (SSSR count). The van der Waals surface area contributed by atoms with E-state index in [1.54, 1.807) is 7.05 Å². The van der Waals surface area contributed by atoms with Crippen LogP contribution in [0.5, 0.6) is 0 Å². The van der Waals surface area contributed by atoms with Gasteiger partial charge in [-0.3, -0.25) is 14.7 Å². The van der Waals surface area contributed by atoms with Crippen molar-refractivity contribution in [1.82, 2.24) is 20.9 Å². The number of piperidine rings is 1. The molecule has 2 aliphatic rings. The Bertz CT molecular complexity index is 421. The van der Waals surface area contributed by atoms with Gasteiger partial charge in [-0.25, -0.2) is 0 Å². The van der Waals surface area contributed by atoms with E-state index in [2.05, 4.69) is 25.8 Å². The molecule has 2 fully saturated rings. The second-order valence-electron chi connectivity index (χ2n) is 6.64. The molecule has 0 radical (unpaired) electrons. The molecular weight excluding hydrogens is 421 g/mol. The van der Waals surface area contributed by atoms with Crippen LogP contribution in [0.15, 0.2) is 4.99 Å². The zero-order chi connectivity index (χ0) is 16.7. The van der Waals surface area contributed by atoms with Crippen molar-refractivity contribution in [2.24, 2.45) is 4.99 Å². The molecule has 0 spiro atoms. The highest BCUT2D eigenvalue weighted by Gasteiger charge is 2.34. The average Bonchev–Trinajstić information content (AvgIpc) is 2.52. The number of rotatable bonds is 6. The molecule has 1 heterocycles. The highest BCUT2D eigenvalue weighted by molar-refractivity contribution is 14.0. The first-order chi connectivity index (χ1) is 11.0. The number of hydrogen-bond acceptors (Lipinski definition) is 4. The summed E-state index contributed by atoms with van der Waals surface area (Å²) < 4.78 is 0. The third-order valence-corrected chi connectivity index (χ3v) is 4.73. The predicted molar refractivity (Wildman–Crippen MR) is 107 cm³/mol. The first-order valence-corrected chi connectivity index (χ1v) is 8.75. The van der Waals surface area contributed by atoms with Crippen molar-refractivity contribution in [3.63, 3.8) is 0 Å². The first kappa shape index (κ1) is 21.4.